The Morgan fingerprint density at radius 1 is 1.26 bits per heavy atom. The van der Waals surface area contributed by atoms with E-state index >= 15 is 0 Å². The number of carbonyl (C=O) groups is 1. The average molecular weight is 297 g/mol. The van der Waals surface area contributed by atoms with Crippen molar-refractivity contribution in [3.05, 3.63) is 46.4 Å². The van der Waals surface area contributed by atoms with Gasteiger partial charge in [-0.1, -0.05) is 18.2 Å². The molecule has 0 saturated heterocycles. The highest BCUT2D eigenvalue weighted by molar-refractivity contribution is 7.89. The van der Waals surface area contributed by atoms with Crippen LogP contribution in [0, 0.1) is 6.92 Å². The first-order valence-electron chi connectivity index (χ1n) is 5.28. The number of hydrogen-bond donors (Lipinski definition) is 2. The zero-order valence-corrected chi connectivity index (χ0v) is 11.6. The summed E-state index contributed by atoms with van der Waals surface area (Å²) in [5.41, 5.74) is 4.24. The molecule has 6 nitrogen and oxygen atoms in total. The van der Waals surface area contributed by atoms with E-state index < -0.39 is 15.9 Å². The van der Waals surface area contributed by atoms with E-state index in [1.807, 2.05) is 4.83 Å². The Balaban J connectivity index is 2.07. The summed E-state index contributed by atoms with van der Waals surface area (Å²) in [6.07, 6.45) is 0. The lowest BCUT2D eigenvalue weighted by atomic mass is 10.4. The topological polar surface area (TPSA) is 88.2 Å². The van der Waals surface area contributed by atoms with Gasteiger partial charge in [0.1, 0.15) is 4.88 Å². The fourth-order valence-corrected chi connectivity index (χ4v) is 2.91. The summed E-state index contributed by atoms with van der Waals surface area (Å²) in [6, 6.07) is 7.78. The number of hydrogen-bond acceptors (Lipinski definition) is 5. The summed E-state index contributed by atoms with van der Waals surface area (Å²) < 4.78 is 23.7. The Kier molecular flexibility index (Phi) is 3.93. The van der Waals surface area contributed by atoms with Crippen molar-refractivity contribution in [1.29, 1.82) is 0 Å². The zero-order chi connectivity index (χ0) is 13.9. The van der Waals surface area contributed by atoms with Crippen LogP contribution in [0.15, 0.2) is 40.7 Å². The fraction of sp³-hybridized carbons (Fsp3) is 0.0909. The quantitative estimate of drug-likeness (QED) is 0.826. The lowest BCUT2D eigenvalue weighted by Gasteiger charge is -2.07. The number of sulfonamides is 1. The Hall–Kier alpha value is -1.77. The lowest BCUT2D eigenvalue weighted by Crippen LogP contribution is -2.41. The van der Waals surface area contributed by atoms with E-state index in [-0.39, 0.29) is 4.90 Å². The number of nitrogens with zero attached hydrogens (tertiary/aromatic N) is 1. The molecule has 2 aromatic rings. The molecule has 0 aliphatic rings. The Morgan fingerprint density at radius 2 is 1.95 bits per heavy atom. The molecule has 0 aliphatic heterocycles. The van der Waals surface area contributed by atoms with Crippen LogP contribution in [0.2, 0.25) is 0 Å². The maximum absolute atomic E-state index is 11.9. The molecule has 100 valence electrons. The first kappa shape index (κ1) is 13.7. The van der Waals surface area contributed by atoms with Crippen molar-refractivity contribution in [2.45, 2.75) is 11.8 Å². The predicted octanol–water partition coefficient (Wildman–Crippen LogP) is 1.07. The number of rotatable bonds is 4. The average Bonchev–Trinajstić information content (AvgIpc) is 2.83. The molecule has 0 atom stereocenters. The van der Waals surface area contributed by atoms with Gasteiger partial charge < -0.3 is 0 Å². The molecule has 19 heavy (non-hydrogen) atoms. The van der Waals surface area contributed by atoms with Gasteiger partial charge in [-0.2, -0.15) is 0 Å². The molecule has 1 aromatic carbocycles. The van der Waals surface area contributed by atoms with Gasteiger partial charge in [0.25, 0.3) is 15.9 Å². The van der Waals surface area contributed by atoms with Crippen LogP contribution in [0.3, 0.4) is 0 Å². The van der Waals surface area contributed by atoms with Crippen molar-refractivity contribution in [2.75, 3.05) is 0 Å². The molecule has 1 heterocycles. The fourth-order valence-electron chi connectivity index (χ4n) is 1.35. The van der Waals surface area contributed by atoms with Crippen molar-refractivity contribution < 1.29 is 13.2 Å². The molecule has 0 radical (unpaired) electrons. The molecule has 0 fully saturated rings. The minimum Gasteiger partial charge on any atom is -0.273 e. The highest BCUT2D eigenvalue weighted by Gasteiger charge is 2.17. The van der Waals surface area contributed by atoms with Gasteiger partial charge in [-0.15, -0.1) is 16.2 Å². The van der Waals surface area contributed by atoms with Gasteiger partial charge in [0.2, 0.25) is 0 Å². The van der Waals surface area contributed by atoms with Crippen molar-refractivity contribution >= 4 is 27.3 Å². The molecule has 0 unspecified atom stereocenters. The Morgan fingerprint density at radius 3 is 2.53 bits per heavy atom. The van der Waals surface area contributed by atoms with Crippen LogP contribution in [0.25, 0.3) is 0 Å². The second-order valence-corrected chi connectivity index (χ2v) is 6.18. The van der Waals surface area contributed by atoms with E-state index in [1.165, 1.54) is 17.6 Å². The van der Waals surface area contributed by atoms with E-state index in [9.17, 15) is 13.2 Å². The normalized spacial score (nSPS) is 11.2. The number of amides is 1. The molecule has 0 saturated carbocycles. The summed E-state index contributed by atoms with van der Waals surface area (Å²) in [5, 5.41) is 0. The highest BCUT2D eigenvalue weighted by Crippen LogP contribution is 2.11. The van der Waals surface area contributed by atoms with Gasteiger partial charge in [-0.3, -0.25) is 10.2 Å². The lowest BCUT2D eigenvalue weighted by molar-refractivity contribution is 0.0948. The van der Waals surface area contributed by atoms with E-state index in [1.54, 1.807) is 25.1 Å². The largest absolute Gasteiger partial charge is 0.278 e. The van der Waals surface area contributed by atoms with Crippen LogP contribution < -0.4 is 10.3 Å². The van der Waals surface area contributed by atoms with Gasteiger partial charge in [0, 0.05) is 0 Å². The number of benzene rings is 1. The summed E-state index contributed by atoms with van der Waals surface area (Å²) in [4.78, 5) is 18.2. The third-order valence-electron chi connectivity index (χ3n) is 2.30. The molecule has 0 spiro atoms. The van der Waals surface area contributed by atoms with Crippen molar-refractivity contribution in [3.63, 3.8) is 0 Å². The molecular weight excluding hydrogens is 286 g/mol. The molecule has 2 N–H and O–H groups in total. The van der Waals surface area contributed by atoms with Crippen molar-refractivity contribution in [1.82, 2.24) is 15.2 Å². The third-order valence-corrected chi connectivity index (χ3v) is 4.50. The minimum absolute atomic E-state index is 0.0799. The van der Waals surface area contributed by atoms with Crippen molar-refractivity contribution in [3.8, 4) is 0 Å². The van der Waals surface area contributed by atoms with Gasteiger partial charge in [-0.05, 0) is 19.1 Å². The van der Waals surface area contributed by atoms with E-state index in [2.05, 4.69) is 10.4 Å². The third kappa shape index (κ3) is 3.16. The first-order chi connectivity index (χ1) is 9.00. The SMILES string of the molecule is Cc1ncsc1C(=O)NNS(=O)(=O)c1ccccc1. The number of aromatic nitrogens is 1. The summed E-state index contributed by atoms with van der Waals surface area (Å²) >= 11 is 1.15. The molecule has 1 aromatic heterocycles. The number of nitrogens with one attached hydrogen (secondary N) is 2. The van der Waals surface area contributed by atoms with Crippen LogP contribution in [0.1, 0.15) is 15.4 Å². The second kappa shape index (κ2) is 5.47. The van der Waals surface area contributed by atoms with Crippen LogP contribution in [-0.2, 0) is 10.0 Å². The molecule has 8 heteroatoms. The monoisotopic (exact) mass is 297 g/mol. The van der Waals surface area contributed by atoms with Gasteiger partial charge in [-0.25, -0.2) is 13.4 Å². The smallest absolute Gasteiger partial charge is 0.273 e. The summed E-state index contributed by atoms with van der Waals surface area (Å²) in [5.74, 6) is -0.528. The van der Waals surface area contributed by atoms with Gasteiger partial charge in [0.15, 0.2) is 0 Å². The highest BCUT2D eigenvalue weighted by atomic mass is 32.2. The Bertz CT molecular complexity index is 680. The van der Waals surface area contributed by atoms with Gasteiger partial charge in [0.05, 0.1) is 16.1 Å². The predicted molar refractivity (Wildman–Crippen MR) is 71.1 cm³/mol. The van der Waals surface area contributed by atoms with Crippen LogP contribution in [0.5, 0.6) is 0 Å². The first-order valence-corrected chi connectivity index (χ1v) is 7.64. The standard InChI is InChI=1S/C11H11N3O3S2/c1-8-10(18-7-12-8)11(15)13-14-19(16,17)9-5-3-2-4-6-9/h2-7,14H,1H3,(H,13,15). The van der Waals surface area contributed by atoms with E-state index in [4.69, 9.17) is 0 Å². The Labute approximate surface area is 114 Å². The zero-order valence-electron chi connectivity index (χ0n) is 9.95. The number of aryl methyl sites for hydroxylation is 1. The molecule has 0 aliphatic carbocycles. The summed E-state index contributed by atoms with van der Waals surface area (Å²) in [6.45, 7) is 1.68. The molecule has 0 bridgehead atoms. The van der Waals surface area contributed by atoms with E-state index in [0.29, 0.717) is 10.6 Å². The maximum Gasteiger partial charge on any atom is 0.278 e. The number of hydrazine groups is 1. The van der Waals surface area contributed by atoms with Crippen LogP contribution in [-0.4, -0.2) is 19.3 Å². The second-order valence-electron chi connectivity index (χ2n) is 3.64. The minimum atomic E-state index is -3.76. The van der Waals surface area contributed by atoms with Gasteiger partial charge >= 0.3 is 0 Å². The van der Waals surface area contributed by atoms with E-state index in [0.717, 1.165) is 11.3 Å². The number of thiazole rings is 1. The molecule has 2 rings (SSSR count). The van der Waals surface area contributed by atoms with Crippen molar-refractivity contribution in [2.24, 2.45) is 0 Å². The molecule has 1 amide bonds. The maximum atomic E-state index is 11.9. The summed E-state index contributed by atoms with van der Waals surface area (Å²) in [7, 11) is -3.76. The van der Waals surface area contributed by atoms with Crippen LogP contribution in [0.4, 0.5) is 0 Å². The molecular formula is C11H11N3O3S2. The van der Waals surface area contributed by atoms with Crippen LogP contribution >= 0.6 is 11.3 Å². The number of carbonyl (C=O) groups excluding carboxylic acids is 1.